The van der Waals surface area contributed by atoms with Crippen molar-refractivity contribution >= 4 is 11.8 Å². The molecule has 2 aliphatic rings. The van der Waals surface area contributed by atoms with Gasteiger partial charge in [0.25, 0.3) is 0 Å². The molecule has 0 radical (unpaired) electrons. The zero-order valence-electron chi connectivity index (χ0n) is 11.2. The van der Waals surface area contributed by atoms with Gasteiger partial charge in [-0.05, 0) is 58.2 Å². The van der Waals surface area contributed by atoms with E-state index in [1.165, 1.54) is 30.8 Å². The third-order valence-electron chi connectivity index (χ3n) is 3.94. The number of imide groups is 1. The summed E-state index contributed by atoms with van der Waals surface area (Å²) in [7, 11) is 0. The zero-order chi connectivity index (χ0) is 12.8. The highest BCUT2D eigenvalue weighted by Crippen LogP contribution is 2.14. The van der Waals surface area contributed by atoms with Crippen LogP contribution in [-0.4, -0.2) is 47.8 Å². The second-order valence-electron chi connectivity index (χ2n) is 5.40. The molecule has 0 N–H and O–H groups in total. The molecule has 0 aliphatic carbocycles. The number of carbonyl (C=O) groups excluding carboxylic acids is 2. The number of nitrogens with zero attached hydrogens (tertiary/aromatic N) is 2. The first-order chi connectivity index (χ1) is 8.77. The fraction of sp³-hybridized carbons (Fsp3) is 0.857. The van der Waals surface area contributed by atoms with Gasteiger partial charge in [-0.3, -0.25) is 14.5 Å². The molecule has 2 heterocycles. The van der Waals surface area contributed by atoms with Crippen LogP contribution in [0.3, 0.4) is 0 Å². The Balaban J connectivity index is 1.67. The van der Waals surface area contributed by atoms with E-state index in [1.807, 2.05) is 0 Å². The first-order valence-corrected chi connectivity index (χ1v) is 7.33. The highest BCUT2D eigenvalue weighted by atomic mass is 16.2. The Hall–Kier alpha value is -0.900. The van der Waals surface area contributed by atoms with Crippen molar-refractivity contribution in [1.82, 2.24) is 9.80 Å². The topological polar surface area (TPSA) is 40.6 Å². The largest absolute Gasteiger partial charge is 0.303 e. The minimum atomic E-state index is 0.0404. The summed E-state index contributed by atoms with van der Waals surface area (Å²) < 4.78 is 0. The molecule has 0 saturated carbocycles. The lowest BCUT2D eigenvalue weighted by molar-refractivity contribution is -0.143. The maximum absolute atomic E-state index is 11.8. The van der Waals surface area contributed by atoms with Gasteiger partial charge in [0.2, 0.25) is 11.8 Å². The summed E-state index contributed by atoms with van der Waals surface area (Å²) in [5.74, 6) is 0.0809. The van der Waals surface area contributed by atoms with Crippen LogP contribution in [0.4, 0.5) is 0 Å². The second-order valence-corrected chi connectivity index (χ2v) is 5.40. The van der Waals surface area contributed by atoms with Crippen LogP contribution in [0.15, 0.2) is 0 Å². The number of unbranched alkanes of at least 4 members (excludes halogenated alkanes) is 1. The zero-order valence-corrected chi connectivity index (χ0v) is 11.2. The van der Waals surface area contributed by atoms with E-state index in [1.54, 1.807) is 0 Å². The number of likely N-dealkylation sites (tertiary alicyclic amines) is 2. The molecule has 0 aromatic rings. The van der Waals surface area contributed by atoms with Gasteiger partial charge >= 0.3 is 0 Å². The van der Waals surface area contributed by atoms with Crippen molar-refractivity contribution < 1.29 is 9.59 Å². The van der Waals surface area contributed by atoms with Crippen LogP contribution >= 0.6 is 0 Å². The molecule has 4 nitrogen and oxygen atoms in total. The lowest BCUT2D eigenvalue weighted by Crippen LogP contribution is -2.36. The summed E-state index contributed by atoms with van der Waals surface area (Å²) in [6.45, 7) is 4.20. The first-order valence-electron chi connectivity index (χ1n) is 7.33. The predicted octanol–water partition coefficient (Wildman–Crippen LogP) is 1.79. The van der Waals surface area contributed by atoms with Crippen molar-refractivity contribution in [3.63, 3.8) is 0 Å². The molecular formula is C14H24N2O2. The van der Waals surface area contributed by atoms with E-state index >= 15 is 0 Å². The molecule has 2 aliphatic heterocycles. The minimum Gasteiger partial charge on any atom is -0.303 e. The van der Waals surface area contributed by atoms with Gasteiger partial charge in [0.05, 0.1) is 0 Å². The van der Waals surface area contributed by atoms with Crippen LogP contribution in [0, 0.1) is 0 Å². The van der Waals surface area contributed by atoms with Gasteiger partial charge < -0.3 is 4.90 Å². The highest BCUT2D eigenvalue weighted by molar-refractivity contribution is 5.95. The Labute approximate surface area is 109 Å². The Kier molecular flexibility index (Phi) is 5.17. The van der Waals surface area contributed by atoms with Crippen molar-refractivity contribution in [2.24, 2.45) is 0 Å². The molecule has 0 aromatic carbocycles. The van der Waals surface area contributed by atoms with Crippen LogP contribution in [0.1, 0.15) is 51.4 Å². The monoisotopic (exact) mass is 252 g/mol. The van der Waals surface area contributed by atoms with E-state index in [4.69, 9.17) is 0 Å². The molecule has 0 spiro atoms. The number of hydrogen-bond acceptors (Lipinski definition) is 3. The summed E-state index contributed by atoms with van der Waals surface area (Å²) >= 11 is 0. The Morgan fingerprint density at radius 2 is 1.33 bits per heavy atom. The fourth-order valence-electron chi connectivity index (χ4n) is 2.82. The van der Waals surface area contributed by atoms with Crippen LogP contribution in [0.2, 0.25) is 0 Å². The van der Waals surface area contributed by atoms with Crippen molar-refractivity contribution in [2.75, 3.05) is 26.2 Å². The summed E-state index contributed by atoms with van der Waals surface area (Å²) in [6, 6.07) is 0. The highest BCUT2D eigenvalue weighted by Gasteiger charge is 2.23. The molecule has 18 heavy (non-hydrogen) atoms. The molecule has 2 fully saturated rings. The van der Waals surface area contributed by atoms with Gasteiger partial charge in [-0.1, -0.05) is 0 Å². The van der Waals surface area contributed by atoms with Gasteiger partial charge in [0, 0.05) is 19.4 Å². The number of amides is 2. The molecule has 0 bridgehead atoms. The van der Waals surface area contributed by atoms with Crippen LogP contribution in [-0.2, 0) is 9.59 Å². The van der Waals surface area contributed by atoms with Crippen LogP contribution < -0.4 is 0 Å². The molecule has 2 amide bonds. The maximum Gasteiger partial charge on any atom is 0.229 e. The van der Waals surface area contributed by atoms with Crippen molar-refractivity contribution in [2.45, 2.75) is 51.4 Å². The van der Waals surface area contributed by atoms with E-state index < -0.39 is 0 Å². The second kappa shape index (κ2) is 6.88. The van der Waals surface area contributed by atoms with Crippen LogP contribution in [0.5, 0.6) is 0 Å². The van der Waals surface area contributed by atoms with Crippen molar-refractivity contribution in [3.05, 3.63) is 0 Å². The van der Waals surface area contributed by atoms with Gasteiger partial charge in [-0.2, -0.15) is 0 Å². The van der Waals surface area contributed by atoms with Crippen LogP contribution in [0.25, 0.3) is 0 Å². The summed E-state index contributed by atoms with van der Waals surface area (Å²) in [4.78, 5) is 27.5. The third kappa shape index (κ3) is 3.80. The molecule has 2 saturated heterocycles. The average Bonchev–Trinajstić information content (AvgIpc) is 2.81. The number of carbonyl (C=O) groups is 2. The Morgan fingerprint density at radius 1 is 0.778 bits per heavy atom. The fourth-order valence-corrected chi connectivity index (χ4v) is 2.82. The summed E-state index contributed by atoms with van der Waals surface area (Å²) in [5, 5.41) is 0. The van der Waals surface area contributed by atoms with Crippen molar-refractivity contribution in [1.29, 1.82) is 0 Å². The van der Waals surface area contributed by atoms with E-state index in [0.717, 1.165) is 32.2 Å². The minimum absolute atomic E-state index is 0.0404. The van der Waals surface area contributed by atoms with E-state index in [0.29, 0.717) is 19.4 Å². The first kappa shape index (κ1) is 13.5. The third-order valence-corrected chi connectivity index (χ3v) is 3.94. The van der Waals surface area contributed by atoms with E-state index in [2.05, 4.69) is 4.90 Å². The quantitative estimate of drug-likeness (QED) is 0.553. The Morgan fingerprint density at radius 3 is 1.94 bits per heavy atom. The average molecular weight is 252 g/mol. The molecule has 0 atom stereocenters. The van der Waals surface area contributed by atoms with Gasteiger partial charge in [-0.15, -0.1) is 0 Å². The molecule has 2 rings (SSSR count). The molecule has 102 valence electrons. The van der Waals surface area contributed by atoms with Crippen molar-refractivity contribution in [3.8, 4) is 0 Å². The standard InChI is InChI=1S/C14H24N2O2/c17-13-7-1-2-8-14(18)16(13)12-6-5-11-15-9-3-4-10-15/h1-12H2. The molecule has 4 heteroatoms. The Bertz CT molecular complexity index is 280. The van der Waals surface area contributed by atoms with Gasteiger partial charge in [0.1, 0.15) is 0 Å². The SMILES string of the molecule is O=C1CCCCC(=O)N1CCCCN1CCCC1. The lowest BCUT2D eigenvalue weighted by atomic mass is 10.2. The smallest absolute Gasteiger partial charge is 0.229 e. The summed E-state index contributed by atoms with van der Waals surface area (Å²) in [5.41, 5.74) is 0. The predicted molar refractivity (Wildman–Crippen MR) is 70.1 cm³/mol. The number of hydrogen-bond donors (Lipinski definition) is 0. The number of rotatable bonds is 5. The maximum atomic E-state index is 11.8. The molecule has 0 aromatic heterocycles. The van der Waals surface area contributed by atoms with E-state index in [9.17, 15) is 9.59 Å². The van der Waals surface area contributed by atoms with Gasteiger partial charge in [0.15, 0.2) is 0 Å². The lowest BCUT2D eigenvalue weighted by Gasteiger charge is -2.19. The molecular weight excluding hydrogens is 228 g/mol. The molecule has 0 unspecified atom stereocenters. The van der Waals surface area contributed by atoms with Gasteiger partial charge in [-0.25, -0.2) is 0 Å². The van der Waals surface area contributed by atoms with E-state index in [-0.39, 0.29) is 11.8 Å². The normalized spacial score (nSPS) is 22.6. The summed E-state index contributed by atoms with van der Waals surface area (Å²) in [6.07, 6.45) is 7.54.